The van der Waals surface area contributed by atoms with Gasteiger partial charge in [-0.15, -0.1) is 0 Å². The van der Waals surface area contributed by atoms with Crippen molar-refractivity contribution in [1.29, 1.82) is 0 Å². The Hall–Kier alpha value is -1.16. The summed E-state index contributed by atoms with van der Waals surface area (Å²) < 4.78 is 0. The molecule has 2 fully saturated rings. The molecule has 2 bridgehead atoms. The number of anilines is 1. The van der Waals surface area contributed by atoms with E-state index in [1.807, 2.05) is 6.92 Å². The molecule has 2 saturated heterocycles. The number of aliphatic hydroxyl groups excluding tert-OH is 1. The van der Waals surface area contributed by atoms with Crippen molar-refractivity contribution in [2.45, 2.75) is 70.6 Å². The standard InChI is InChI=1S/C15H23N3O/c1-9(2)14-8-15(17-10(3)16-14)18-11-4-5-12(18)7-13(19)6-11/h8-9,11-13,19H,4-7H2,1-3H3/t11-,12+,13?. The molecule has 1 aromatic rings. The van der Waals surface area contributed by atoms with Crippen molar-refractivity contribution in [2.75, 3.05) is 4.90 Å². The maximum absolute atomic E-state index is 9.89. The molecule has 3 atom stereocenters. The number of hydrogen-bond donors (Lipinski definition) is 1. The summed E-state index contributed by atoms with van der Waals surface area (Å²) in [6.45, 7) is 6.30. The molecule has 4 heteroatoms. The molecule has 1 aromatic heterocycles. The van der Waals surface area contributed by atoms with Crippen molar-refractivity contribution in [1.82, 2.24) is 9.97 Å². The zero-order chi connectivity index (χ0) is 13.6. The lowest BCUT2D eigenvalue weighted by Gasteiger charge is -2.38. The minimum atomic E-state index is -0.124. The van der Waals surface area contributed by atoms with Crippen LogP contribution in [0.1, 0.15) is 57.0 Å². The molecule has 3 rings (SSSR count). The molecular weight excluding hydrogens is 238 g/mol. The van der Waals surface area contributed by atoms with Crippen LogP contribution in [0.2, 0.25) is 0 Å². The number of nitrogens with zero attached hydrogens (tertiary/aromatic N) is 3. The van der Waals surface area contributed by atoms with Crippen LogP contribution >= 0.6 is 0 Å². The van der Waals surface area contributed by atoms with Crippen molar-refractivity contribution < 1.29 is 5.11 Å². The highest BCUT2D eigenvalue weighted by atomic mass is 16.3. The van der Waals surface area contributed by atoms with E-state index >= 15 is 0 Å². The summed E-state index contributed by atoms with van der Waals surface area (Å²) in [5.41, 5.74) is 1.12. The topological polar surface area (TPSA) is 49.2 Å². The zero-order valence-corrected chi connectivity index (χ0v) is 12.0. The van der Waals surface area contributed by atoms with E-state index in [1.54, 1.807) is 0 Å². The fourth-order valence-electron chi connectivity index (χ4n) is 3.52. The van der Waals surface area contributed by atoms with E-state index in [0.29, 0.717) is 18.0 Å². The van der Waals surface area contributed by atoms with E-state index in [-0.39, 0.29) is 6.10 Å². The molecule has 19 heavy (non-hydrogen) atoms. The smallest absolute Gasteiger partial charge is 0.133 e. The molecule has 1 N–H and O–H groups in total. The number of aliphatic hydroxyl groups is 1. The van der Waals surface area contributed by atoms with Gasteiger partial charge in [0.1, 0.15) is 11.6 Å². The molecule has 2 aliphatic heterocycles. The Bertz CT molecular complexity index is 460. The summed E-state index contributed by atoms with van der Waals surface area (Å²) in [5, 5.41) is 9.89. The first-order valence-corrected chi connectivity index (χ1v) is 7.36. The highest BCUT2D eigenvalue weighted by molar-refractivity contribution is 5.45. The van der Waals surface area contributed by atoms with Gasteiger partial charge in [-0.3, -0.25) is 0 Å². The van der Waals surface area contributed by atoms with Crippen molar-refractivity contribution >= 4 is 5.82 Å². The van der Waals surface area contributed by atoms with Gasteiger partial charge in [0.15, 0.2) is 0 Å². The number of hydrogen-bond acceptors (Lipinski definition) is 4. The van der Waals surface area contributed by atoms with Gasteiger partial charge in [-0.25, -0.2) is 9.97 Å². The average molecular weight is 261 g/mol. The number of aromatic nitrogens is 2. The molecule has 3 heterocycles. The van der Waals surface area contributed by atoms with Crippen LogP contribution in [0.25, 0.3) is 0 Å². The molecule has 1 unspecified atom stereocenters. The van der Waals surface area contributed by atoms with Crippen LogP contribution in [0.4, 0.5) is 5.82 Å². The SMILES string of the molecule is Cc1nc(C(C)C)cc(N2[C@@H]3CC[C@H]2CC(O)C3)n1. The summed E-state index contributed by atoms with van der Waals surface area (Å²) in [7, 11) is 0. The number of aryl methyl sites for hydroxylation is 1. The third-order valence-electron chi connectivity index (χ3n) is 4.41. The van der Waals surface area contributed by atoms with Gasteiger partial charge in [0.25, 0.3) is 0 Å². The maximum atomic E-state index is 9.89. The fraction of sp³-hybridized carbons (Fsp3) is 0.733. The first kappa shape index (κ1) is 12.9. The summed E-state index contributed by atoms with van der Waals surface area (Å²) >= 11 is 0. The van der Waals surface area contributed by atoms with Gasteiger partial charge in [-0.05, 0) is 38.5 Å². The number of fused-ring (bicyclic) bond motifs is 2. The fourth-order valence-corrected chi connectivity index (χ4v) is 3.52. The highest BCUT2D eigenvalue weighted by Crippen LogP contribution is 2.39. The minimum absolute atomic E-state index is 0.124. The van der Waals surface area contributed by atoms with Gasteiger partial charge in [0.05, 0.1) is 6.10 Å². The maximum Gasteiger partial charge on any atom is 0.133 e. The van der Waals surface area contributed by atoms with E-state index in [9.17, 15) is 5.11 Å². The minimum Gasteiger partial charge on any atom is -0.393 e. The van der Waals surface area contributed by atoms with Gasteiger partial charge in [-0.1, -0.05) is 13.8 Å². The predicted octanol–water partition coefficient (Wildman–Crippen LogP) is 2.40. The van der Waals surface area contributed by atoms with E-state index in [2.05, 4.69) is 34.8 Å². The van der Waals surface area contributed by atoms with Crippen molar-refractivity contribution in [2.24, 2.45) is 0 Å². The van der Waals surface area contributed by atoms with Crippen LogP contribution in [0.3, 0.4) is 0 Å². The molecule has 0 spiro atoms. The first-order chi connectivity index (χ1) is 9.04. The van der Waals surface area contributed by atoms with Gasteiger partial charge in [0, 0.05) is 23.8 Å². The second kappa shape index (κ2) is 4.75. The summed E-state index contributed by atoms with van der Waals surface area (Å²) in [6.07, 6.45) is 4.01. The van der Waals surface area contributed by atoms with Gasteiger partial charge in [-0.2, -0.15) is 0 Å². The van der Waals surface area contributed by atoms with Gasteiger partial charge < -0.3 is 10.0 Å². The van der Waals surface area contributed by atoms with Crippen LogP contribution in [-0.4, -0.2) is 33.3 Å². The first-order valence-electron chi connectivity index (χ1n) is 7.36. The lowest BCUT2D eigenvalue weighted by Crippen LogP contribution is -2.45. The van der Waals surface area contributed by atoms with Crippen LogP contribution in [0.15, 0.2) is 6.07 Å². The Morgan fingerprint density at radius 3 is 2.42 bits per heavy atom. The second-order valence-corrected chi connectivity index (χ2v) is 6.27. The van der Waals surface area contributed by atoms with E-state index < -0.39 is 0 Å². The Morgan fingerprint density at radius 2 is 1.84 bits per heavy atom. The third-order valence-corrected chi connectivity index (χ3v) is 4.41. The third kappa shape index (κ3) is 2.34. The van der Waals surface area contributed by atoms with Crippen LogP contribution < -0.4 is 4.90 Å². The van der Waals surface area contributed by atoms with Crippen LogP contribution in [0.5, 0.6) is 0 Å². The van der Waals surface area contributed by atoms with E-state index in [1.165, 1.54) is 12.8 Å². The quantitative estimate of drug-likeness (QED) is 0.888. The molecule has 0 aromatic carbocycles. The van der Waals surface area contributed by atoms with E-state index in [0.717, 1.165) is 30.2 Å². The van der Waals surface area contributed by atoms with Crippen molar-refractivity contribution in [3.05, 3.63) is 17.6 Å². The van der Waals surface area contributed by atoms with Gasteiger partial charge in [0.2, 0.25) is 0 Å². The predicted molar refractivity (Wildman–Crippen MR) is 75.4 cm³/mol. The molecule has 0 amide bonds. The Balaban J connectivity index is 1.94. The summed E-state index contributed by atoms with van der Waals surface area (Å²) in [5.74, 6) is 2.34. The summed E-state index contributed by atoms with van der Waals surface area (Å²) in [4.78, 5) is 11.6. The lowest BCUT2D eigenvalue weighted by atomic mass is 9.99. The lowest BCUT2D eigenvalue weighted by molar-refractivity contribution is 0.126. The number of piperidine rings is 1. The molecule has 0 radical (unpaired) electrons. The van der Waals surface area contributed by atoms with Gasteiger partial charge >= 0.3 is 0 Å². The van der Waals surface area contributed by atoms with Crippen molar-refractivity contribution in [3.8, 4) is 0 Å². The second-order valence-electron chi connectivity index (χ2n) is 6.27. The van der Waals surface area contributed by atoms with Crippen molar-refractivity contribution in [3.63, 3.8) is 0 Å². The highest BCUT2D eigenvalue weighted by Gasteiger charge is 2.41. The Kier molecular flexibility index (Phi) is 3.21. The van der Waals surface area contributed by atoms with Crippen LogP contribution in [0, 0.1) is 6.92 Å². The molecule has 2 aliphatic rings. The normalized spacial score (nSPS) is 30.2. The number of rotatable bonds is 2. The average Bonchev–Trinajstić information content (AvgIpc) is 2.61. The largest absolute Gasteiger partial charge is 0.393 e. The molecule has 0 aliphatic carbocycles. The monoisotopic (exact) mass is 261 g/mol. The molecular formula is C15H23N3O. The molecule has 104 valence electrons. The molecule has 4 nitrogen and oxygen atoms in total. The summed E-state index contributed by atoms with van der Waals surface area (Å²) in [6, 6.07) is 3.06. The Morgan fingerprint density at radius 1 is 1.21 bits per heavy atom. The zero-order valence-electron chi connectivity index (χ0n) is 12.0. The Labute approximate surface area is 114 Å². The van der Waals surface area contributed by atoms with Crippen LogP contribution in [-0.2, 0) is 0 Å². The van der Waals surface area contributed by atoms with E-state index in [4.69, 9.17) is 0 Å². The molecule has 0 saturated carbocycles.